The van der Waals surface area contributed by atoms with Gasteiger partial charge in [-0.25, -0.2) is 4.79 Å². The molecule has 1 atom stereocenters. The van der Waals surface area contributed by atoms with Crippen LogP contribution in [0.4, 0.5) is 4.79 Å². The fraction of sp³-hybridized carbons (Fsp3) is 0.368. The molecule has 0 aromatic heterocycles. The van der Waals surface area contributed by atoms with Crippen LogP contribution in [0, 0.1) is 5.92 Å². The van der Waals surface area contributed by atoms with E-state index in [0.29, 0.717) is 6.42 Å². The van der Waals surface area contributed by atoms with Crippen LogP contribution in [0.5, 0.6) is 0 Å². The van der Waals surface area contributed by atoms with Crippen molar-refractivity contribution in [3.05, 3.63) is 48.0 Å². The fourth-order valence-electron chi connectivity index (χ4n) is 2.37. The summed E-state index contributed by atoms with van der Waals surface area (Å²) in [6.45, 7) is 5.68. The number of amides is 1. The van der Waals surface area contributed by atoms with E-state index in [2.05, 4.69) is 17.4 Å². The number of aldehydes is 1. The highest BCUT2D eigenvalue weighted by atomic mass is 16.6. The number of rotatable bonds is 5. The lowest BCUT2D eigenvalue weighted by molar-refractivity contribution is -0.110. The minimum Gasteiger partial charge on any atom is -0.444 e. The van der Waals surface area contributed by atoms with Crippen molar-refractivity contribution in [1.29, 1.82) is 0 Å². The molecule has 4 nitrogen and oxygen atoms in total. The fourth-order valence-corrected chi connectivity index (χ4v) is 2.37. The van der Waals surface area contributed by atoms with E-state index < -0.39 is 11.7 Å². The molecule has 0 aliphatic heterocycles. The first kappa shape index (κ1) is 17.0. The Morgan fingerprint density at radius 2 is 1.87 bits per heavy atom. The summed E-state index contributed by atoms with van der Waals surface area (Å²) >= 11 is 0. The Hall–Kier alpha value is -2.36. The SMILES string of the molecule is CC(C)(C)OC(=O)NC[C@@H](C=O)Cc1ccc2ccccc2c1. The van der Waals surface area contributed by atoms with Crippen LogP contribution < -0.4 is 5.32 Å². The second-order valence-corrected chi connectivity index (χ2v) is 6.66. The molecule has 0 unspecified atom stereocenters. The molecule has 23 heavy (non-hydrogen) atoms. The lowest BCUT2D eigenvalue weighted by atomic mass is 9.98. The van der Waals surface area contributed by atoms with Gasteiger partial charge in [0, 0.05) is 12.5 Å². The van der Waals surface area contributed by atoms with Gasteiger partial charge < -0.3 is 14.8 Å². The second kappa shape index (κ2) is 7.27. The predicted molar refractivity (Wildman–Crippen MR) is 91.4 cm³/mol. The van der Waals surface area contributed by atoms with Gasteiger partial charge in [0.15, 0.2) is 0 Å². The van der Waals surface area contributed by atoms with E-state index in [-0.39, 0.29) is 12.5 Å². The average Bonchev–Trinajstić information content (AvgIpc) is 2.49. The second-order valence-electron chi connectivity index (χ2n) is 6.66. The quantitative estimate of drug-likeness (QED) is 0.856. The monoisotopic (exact) mass is 313 g/mol. The smallest absolute Gasteiger partial charge is 0.407 e. The van der Waals surface area contributed by atoms with E-state index in [4.69, 9.17) is 4.74 Å². The minimum atomic E-state index is -0.543. The Kier molecular flexibility index (Phi) is 5.37. The molecule has 0 bridgehead atoms. The van der Waals surface area contributed by atoms with Gasteiger partial charge in [-0.05, 0) is 43.5 Å². The predicted octanol–water partition coefficient (Wildman–Crippen LogP) is 3.72. The summed E-state index contributed by atoms with van der Waals surface area (Å²) in [5.74, 6) is -0.274. The molecule has 0 spiro atoms. The van der Waals surface area contributed by atoms with Crippen molar-refractivity contribution in [2.75, 3.05) is 6.54 Å². The lowest BCUT2D eigenvalue weighted by Gasteiger charge is -2.20. The first-order valence-corrected chi connectivity index (χ1v) is 7.77. The molecule has 0 saturated carbocycles. The molecule has 0 saturated heterocycles. The highest BCUT2D eigenvalue weighted by molar-refractivity contribution is 5.83. The zero-order chi connectivity index (χ0) is 16.9. The van der Waals surface area contributed by atoms with Gasteiger partial charge in [0.2, 0.25) is 0 Å². The van der Waals surface area contributed by atoms with Crippen molar-refractivity contribution in [2.24, 2.45) is 5.92 Å². The van der Waals surface area contributed by atoms with Crippen molar-refractivity contribution in [3.63, 3.8) is 0 Å². The van der Waals surface area contributed by atoms with Crippen LogP contribution in [-0.2, 0) is 16.0 Å². The molecular formula is C19H23NO3. The molecule has 0 fully saturated rings. The van der Waals surface area contributed by atoms with Gasteiger partial charge >= 0.3 is 6.09 Å². The van der Waals surface area contributed by atoms with Crippen molar-refractivity contribution in [1.82, 2.24) is 5.32 Å². The molecular weight excluding hydrogens is 290 g/mol. The molecule has 0 heterocycles. The van der Waals surface area contributed by atoms with Crippen LogP contribution in [-0.4, -0.2) is 24.5 Å². The van der Waals surface area contributed by atoms with Gasteiger partial charge in [0.25, 0.3) is 0 Å². The van der Waals surface area contributed by atoms with E-state index in [1.54, 1.807) is 20.8 Å². The van der Waals surface area contributed by atoms with Crippen molar-refractivity contribution < 1.29 is 14.3 Å². The number of fused-ring (bicyclic) bond motifs is 1. The highest BCUT2D eigenvalue weighted by Gasteiger charge is 2.17. The maximum absolute atomic E-state index is 11.7. The van der Waals surface area contributed by atoms with E-state index in [1.165, 1.54) is 5.39 Å². The first-order valence-electron chi connectivity index (χ1n) is 7.77. The third-order valence-electron chi connectivity index (χ3n) is 3.41. The number of benzene rings is 2. The third kappa shape index (κ3) is 5.40. The molecule has 2 aromatic carbocycles. The van der Waals surface area contributed by atoms with Crippen LogP contribution >= 0.6 is 0 Å². The van der Waals surface area contributed by atoms with E-state index in [0.717, 1.165) is 17.2 Å². The third-order valence-corrected chi connectivity index (χ3v) is 3.41. The van der Waals surface area contributed by atoms with Crippen molar-refractivity contribution >= 4 is 23.2 Å². The van der Waals surface area contributed by atoms with Crippen molar-refractivity contribution in [2.45, 2.75) is 32.8 Å². The van der Waals surface area contributed by atoms with E-state index in [9.17, 15) is 9.59 Å². The summed E-state index contributed by atoms with van der Waals surface area (Å²) in [5.41, 5.74) is 0.533. The van der Waals surface area contributed by atoms with Gasteiger partial charge in [-0.2, -0.15) is 0 Å². The Morgan fingerprint density at radius 3 is 2.52 bits per heavy atom. The summed E-state index contributed by atoms with van der Waals surface area (Å²) in [4.78, 5) is 22.9. The first-order chi connectivity index (χ1) is 10.9. The Morgan fingerprint density at radius 1 is 1.17 bits per heavy atom. The normalized spacial score (nSPS) is 12.7. The van der Waals surface area contributed by atoms with Crippen LogP contribution in [0.25, 0.3) is 10.8 Å². The molecule has 2 rings (SSSR count). The lowest BCUT2D eigenvalue weighted by Crippen LogP contribution is -2.36. The molecule has 0 aliphatic carbocycles. The summed E-state index contributed by atoms with van der Waals surface area (Å²) in [6, 6.07) is 14.3. The summed E-state index contributed by atoms with van der Waals surface area (Å²) in [7, 11) is 0. The van der Waals surface area contributed by atoms with Gasteiger partial charge in [-0.3, -0.25) is 0 Å². The van der Waals surface area contributed by atoms with Crippen LogP contribution in [0.3, 0.4) is 0 Å². The Labute approximate surface area is 136 Å². The molecule has 0 aliphatic rings. The molecule has 122 valence electrons. The topological polar surface area (TPSA) is 55.4 Å². The van der Waals surface area contributed by atoms with Crippen molar-refractivity contribution in [3.8, 4) is 0 Å². The average molecular weight is 313 g/mol. The summed E-state index contributed by atoms with van der Waals surface area (Å²) in [5, 5.41) is 4.98. The number of hydrogen-bond acceptors (Lipinski definition) is 3. The van der Waals surface area contributed by atoms with Gasteiger partial charge in [0.1, 0.15) is 11.9 Å². The Balaban J connectivity index is 1.95. The number of hydrogen-bond donors (Lipinski definition) is 1. The summed E-state index contributed by atoms with van der Waals surface area (Å²) < 4.78 is 5.17. The largest absolute Gasteiger partial charge is 0.444 e. The van der Waals surface area contributed by atoms with Crippen LogP contribution in [0.2, 0.25) is 0 Å². The molecule has 0 radical (unpaired) electrons. The maximum atomic E-state index is 11.7. The summed E-state index contributed by atoms with van der Waals surface area (Å²) in [6.07, 6.45) is 0.972. The molecule has 1 N–H and O–H groups in total. The minimum absolute atomic E-state index is 0.269. The van der Waals surface area contributed by atoms with Gasteiger partial charge in [0.05, 0.1) is 0 Å². The van der Waals surface area contributed by atoms with Gasteiger partial charge in [-0.1, -0.05) is 42.5 Å². The number of alkyl carbamates (subject to hydrolysis) is 1. The highest BCUT2D eigenvalue weighted by Crippen LogP contribution is 2.17. The number of carbonyl (C=O) groups is 2. The zero-order valence-corrected chi connectivity index (χ0v) is 13.8. The zero-order valence-electron chi connectivity index (χ0n) is 13.8. The number of ether oxygens (including phenoxy) is 1. The van der Waals surface area contributed by atoms with Crippen LogP contribution in [0.1, 0.15) is 26.3 Å². The number of nitrogens with one attached hydrogen (secondary N) is 1. The van der Waals surface area contributed by atoms with Gasteiger partial charge in [-0.15, -0.1) is 0 Å². The van der Waals surface area contributed by atoms with E-state index >= 15 is 0 Å². The molecule has 4 heteroatoms. The molecule has 2 aromatic rings. The van der Waals surface area contributed by atoms with E-state index in [1.807, 2.05) is 30.3 Å². The molecule has 1 amide bonds. The van der Waals surface area contributed by atoms with Crippen LogP contribution in [0.15, 0.2) is 42.5 Å². The number of carbonyl (C=O) groups excluding carboxylic acids is 2. The standard InChI is InChI=1S/C19H23NO3/c1-19(2,3)23-18(22)20-12-15(13-21)10-14-8-9-16-6-4-5-7-17(16)11-14/h4-9,11,13,15H,10,12H2,1-3H3,(H,20,22)/t15-/m0/s1. The maximum Gasteiger partial charge on any atom is 0.407 e. The Bertz CT molecular complexity index is 688.